The number of aryl methyl sites for hydroxylation is 1. The van der Waals surface area contributed by atoms with Gasteiger partial charge in [0, 0.05) is 32.5 Å². The van der Waals surface area contributed by atoms with Crippen molar-refractivity contribution in [2.75, 3.05) is 13.1 Å². The SMILES string of the molecule is Cc1ccc(C[C@H]2C(=O)N(Cc3cccc4ccccc34)C[C@@H]3N(C(=O)NCc4ccccc4)CCC(=O)N32)cc1. The van der Waals surface area contributed by atoms with E-state index < -0.39 is 12.2 Å². The van der Waals surface area contributed by atoms with Crippen molar-refractivity contribution < 1.29 is 14.4 Å². The molecule has 2 heterocycles. The van der Waals surface area contributed by atoms with E-state index in [1.165, 1.54) is 0 Å². The molecule has 2 aliphatic rings. The maximum Gasteiger partial charge on any atom is 0.319 e. The normalized spacial score (nSPS) is 18.9. The van der Waals surface area contributed by atoms with Gasteiger partial charge in [-0.2, -0.15) is 0 Å². The molecule has 208 valence electrons. The lowest BCUT2D eigenvalue weighted by Crippen LogP contribution is -2.72. The first-order valence-corrected chi connectivity index (χ1v) is 14.2. The van der Waals surface area contributed by atoms with Crippen molar-refractivity contribution in [3.8, 4) is 0 Å². The highest BCUT2D eigenvalue weighted by Crippen LogP contribution is 2.30. The summed E-state index contributed by atoms with van der Waals surface area (Å²) < 4.78 is 0. The summed E-state index contributed by atoms with van der Waals surface area (Å²) in [5.41, 5.74) is 4.16. The van der Waals surface area contributed by atoms with Crippen molar-refractivity contribution in [2.45, 2.75) is 45.1 Å². The average molecular weight is 547 g/mol. The number of hydrogen-bond donors (Lipinski definition) is 1. The minimum absolute atomic E-state index is 0.0858. The highest BCUT2D eigenvalue weighted by Gasteiger charge is 2.48. The van der Waals surface area contributed by atoms with Crippen molar-refractivity contribution in [1.29, 1.82) is 0 Å². The Bertz CT molecular complexity index is 1560. The van der Waals surface area contributed by atoms with E-state index in [0.29, 0.717) is 26.1 Å². The average Bonchev–Trinajstić information content (AvgIpc) is 3.00. The summed E-state index contributed by atoms with van der Waals surface area (Å²) in [4.78, 5) is 46.3. The van der Waals surface area contributed by atoms with Gasteiger partial charge in [-0.25, -0.2) is 4.79 Å². The van der Waals surface area contributed by atoms with E-state index in [2.05, 4.69) is 23.5 Å². The molecule has 7 nitrogen and oxygen atoms in total. The number of fused-ring (bicyclic) bond motifs is 2. The zero-order valence-electron chi connectivity index (χ0n) is 23.2. The van der Waals surface area contributed by atoms with Crippen LogP contribution in [0.15, 0.2) is 97.1 Å². The first kappa shape index (κ1) is 26.6. The predicted octanol–water partition coefficient (Wildman–Crippen LogP) is 4.87. The third-order valence-electron chi connectivity index (χ3n) is 8.19. The second kappa shape index (κ2) is 11.5. The van der Waals surface area contributed by atoms with E-state index in [4.69, 9.17) is 0 Å². The summed E-state index contributed by atoms with van der Waals surface area (Å²) in [5.74, 6) is -0.174. The number of carbonyl (C=O) groups is 3. The van der Waals surface area contributed by atoms with Crippen LogP contribution in [-0.2, 0) is 29.1 Å². The molecule has 2 aliphatic heterocycles. The molecular formula is C34H34N4O3. The van der Waals surface area contributed by atoms with E-state index in [1.807, 2.05) is 90.7 Å². The molecule has 4 aromatic carbocycles. The number of urea groups is 1. The molecule has 0 aromatic heterocycles. The van der Waals surface area contributed by atoms with Crippen LogP contribution in [0.5, 0.6) is 0 Å². The lowest BCUT2D eigenvalue weighted by molar-refractivity contribution is -0.167. The highest BCUT2D eigenvalue weighted by molar-refractivity contribution is 5.92. The Morgan fingerprint density at radius 1 is 0.854 bits per heavy atom. The molecular weight excluding hydrogens is 512 g/mol. The molecule has 4 amide bonds. The Morgan fingerprint density at radius 2 is 1.59 bits per heavy atom. The highest BCUT2D eigenvalue weighted by atomic mass is 16.2. The van der Waals surface area contributed by atoms with Crippen LogP contribution < -0.4 is 5.32 Å². The van der Waals surface area contributed by atoms with Crippen molar-refractivity contribution in [3.05, 3.63) is 119 Å². The summed E-state index contributed by atoms with van der Waals surface area (Å²) in [6, 6.07) is 31.2. The molecule has 0 spiro atoms. The van der Waals surface area contributed by atoms with E-state index in [0.717, 1.165) is 33.0 Å². The van der Waals surface area contributed by atoms with E-state index in [-0.39, 0.29) is 30.8 Å². The summed E-state index contributed by atoms with van der Waals surface area (Å²) in [5, 5.41) is 5.24. The fourth-order valence-electron chi connectivity index (χ4n) is 6.02. The van der Waals surface area contributed by atoms with Gasteiger partial charge in [0.1, 0.15) is 12.2 Å². The molecule has 2 atom stereocenters. The van der Waals surface area contributed by atoms with Gasteiger partial charge < -0.3 is 20.0 Å². The number of carbonyl (C=O) groups excluding carboxylic acids is 3. The van der Waals surface area contributed by atoms with Crippen LogP contribution in [0.3, 0.4) is 0 Å². The zero-order valence-corrected chi connectivity index (χ0v) is 23.2. The molecule has 7 heteroatoms. The van der Waals surface area contributed by atoms with Crippen molar-refractivity contribution in [1.82, 2.24) is 20.0 Å². The minimum Gasteiger partial charge on any atom is -0.334 e. The number of nitrogens with zero attached hydrogens (tertiary/aromatic N) is 3. The van der Waals surface area contributed by atoms with Crippen LogP contribution >= 0.6 is 0 Å². The lowest BCUT2D eigenvalue weighted by atomic mass is 9.96. The van der Waals surface area contributed by atoms with Gasteiger partial charge in [-0.15, -0.1) is 0 Å². The molecule has 0 aliphatic carbocycles. The summed E-state index contributed by atoms with van der Waals surface area (Å²) in [6.07, 6.45) is 0.0403. The van der Waals surface area contributed by atoms with Gasteiger partial charge in [0.2, 0.25) is 11.8 Å². The Kier molecular flexibility index (Phi) is 7.42. The maximum atomic E-state index is 14.1. The molecule has 1 N–H and O–H groups in total. The first-order chi connectivity index (χ1) is 20.0. The Morgan fingerprint density at radius 3 is 2.39 bits per heavy atom. The van der Waals surface area contributed by atoms with E-state index in [9.17, 15) is 14.4 Å². The van der Waals surface area contributed by atoms with Crippen LogP contribution in [0, 0.1) is 6.92 Å². The standard InChI is InChI=1S/C34H34N4O3/c1-24-14-16-25(17-15-24)20-30-33(40)36(22-28-12-7-11-27-10-5-6-13-29(27)28)23-31-37(19-18-32(39)38(30)31)34(41)35-21-26-8-3-2-4-9-26/h2-17,30-31H,18-23H2,1H3,(H,35,41)/t30-,31+/m0/s1. The van der Waals surface area contributed by atoms with Gasteiger partial charge in [-0.3, -0.25) is 9.59 Å². The summed E-state index contributed by atoms with van der Waals surface area (Å²) in [7, 11) is 0. The van der Waals surface area contributed by atoms with Crippen LogP contribution in [0.2, 0.25) is 0 Å². The van der Waals surface area contributed by atoms with Crippen molar-refractivity contribution in [3.63, 3.8) is 0 Å². The smallest absolute Gasteiger partial charge is 0.319 e. The van der Waals surface area contributed by atoms with E-state index >= 15 is 0 Å². The molecule has 0 bridgehead atoms. The van der Waals surface area contributed by atoms with Gasteiger partial charge >= 0.3 is 6.03 Å². The fraction of sp³-hybridized carbons (Fsp3) is 0.265. The van der Waals surface area contributed by atoms with Gasteiger partial charge in [-0.1, -0.05) is 103 Å². The lowest BCUT2D eigenvalue weighted by Gasteiger charge is -2.52. The molecule has 6 rings (SSSR count). The third kappa shape index (κ3) is 5.53. The number of benzene rings is 4. The van der Waals surface area contributed by atoms with Crippen molar-refractivity contribution in [2.24, 2.45) is 0 Å². The molecule has 2 saturated heterocycles. The molecule has 41 heavy (non-hydrogen) atoms. The largest absolute Gasteiger partial charge is 0.334 e. The molecule has 4 aromatic rings. The second-order valence-electron chi connectivity index (χ2n) is 10.9. The number of rotatable bonds is 6. The van der Waals surface area contributed by atoms with Gasteiger partial charge in [0.25, 0.3) is 0 Å². The Labute approximate surface area is 240 Å². The van der Waals surface area contributed by atoms with E-state index in [1.54, 1.807) is 9.80 Å². The number of amides is 4. The van der Waals surface area contributed by atoms with Gasteiger partial charge in [-0.05, 0) is 34.4 Å². The summed E-state index contributed by atoms with van der Waals surface area (Å²) in [6.45, 7) is 3.40. The minimum atomic E-state index is -0.691. The monoisotopic (exact) mass is 546 g/mol. The van der Waals surface area contributed by atoms with Crippen LogP contribution in [0.1, 0.15) is 28.7 Å². The number of piperazine rings is 1. The fourth-order valence-corrected chi connectivity index (χ4v) is 6.02. The zero-order chi connectivity index (χ0) is 28.3. The van der Waals surface area contributed by atoms with Gasteiger partial charge in [0.05, 0.1) is 6.54 Å². The van der Waals surface area contributed by atoms with Crippen LogP contribution in [-0.4, -0.2) is 57.8 Å². The first-order valence-electron chi connectivity index (χ1n) is 14.2. The topological polar surface area (TPSA) is 73.0 Å². The molecule has 2 fully saturated rings. The number of nitrogens with one attached hydrogen (secondary N) is 1. The molecule has 0 radical (unpaired) electrons. The molecule has 0 unspecified atom stereocenters. The number of hydrogen-bond acceptors (Lipinski definition) is 3. The summed E-state index contributed by atoms with van der Waals surface area (Å²) >= 11 is 0. The van der Waals surface area contributed by atoms with Crippen molar-refractivity contribution >= 4 is 28.6 Å². The third-order valence-corrected chi connectivity index (χ3v) is 8.19. The second-order valence-corrected chi connectivity index (χ2v) is 10.9. The molecule has 0 saturated carbocycles. The van der Waals surface area contributed by atoms with Gasteiger partial charge in [0.15, 0.2) is 0 Å². The quantitative estimate of drug-likeness (QED) is 0.375. The predicted molar refractivity (Wildman–Crippen MR) is 159 cm³/mol. The van der Waals surface area contributed by atoms with Crippen LogP contribution in [0.4, 0.5) is 4.79 Å². The Hall–Kier alpha value is -4.65. The Balaban J connectivity index is 1.32. The van der Waals surface area contributed by atoms with Crippen LogP contribution in [0.25, 0.3) is 10.8 Å². The maximum absolute atomic E-state index is 14.1.